The minimum absolute atomic E-state index is 0.298. The maximum Gasteiger partial charge on any atom is 0.412 e. The van der Waals surface area contributed by atoms with Crippen LogP contribution in [0.3, 0.4) is 0 Å². The Kier molecular flexibility index (Phi) is 6.82. The van der Waals surface area contributed by atoms with E-state index in [-0.39, 0.29) is 0 Å². The third-order valence-electron chi connectivity index (χ3n) is 2.88. The monoisotopic (exact) mass is 335 g/mol. The number of hydrogen-bond donors (Lipinski definition) is 1. The van der Waals surface area contributed by atoms with Gasteiger partial charge in [-0.3, -0.25) is 5.32 Å². The van der Waals surface area contributed by atoms with Crippen LogP contribution in [-0.2, 0) is 20.7 Å². The maximum atomic E-state index is 11.9. The molecular formula is C18H25NO5. The molecule has 1 aromatic carbocycles. The second-order valence-electron chi connectivity index (χ2n) is 6.16. The number of ether oxygens (including phenoxy) is 3. The highest BCUT2D eigenvalue weighted by molar-refractivity contribution is 5.89. The van der Waals surface area contributed by atoms with E-state index < -0.39 is 17.7 Å². The highest BCUT2D eigenvalue weighted by atomic mass is 16.6. The summed E-state index contributed by atoms with van der Waals surface area (Å²) in [5, 5.41) is 2.65. The highest BCUT2D eigenvalue weighted by Gasteiger charge is 2.18. The van der Waals surface area contributed by atoms with Gasteiger partial charge in [-0.25, -0.2) is 9.59 Å². The maximum absolute atomic E-state index is 11.9. The number of nitrogens with one attached hydrogen (secondary N) is 1. The summed E-state index contributed by atoms with van der Waals surface area (Å²) >= 11 is 0. The molecule has 1 amide bonds. The fourth-order valence-corrected chi connectivity index (χ4v) is 1.93. The number of rotatable bonds is 6. The lowest BCUT2D eigenvalue weighted by Gasteiger charge is -2.20. The topological polar surface area (TPSA) is 73.9 Å². The first kappa shape index (κ1) is 19.5. The van der Waals surface area contributed by atoms with Crippen LogP contribution in [0.5, 0.6) is 5.75 Å². The third kappa shape index (κ3) is 6.32. The van der Waals surface area contributed by atoms with E-state index in [1.807, 2.05) is 0 Å². The number of hydrogen-bond acceptors (Lipinski definition) is 5. The predicted octanol–water partition coefficient (Wildman–Crippen LogP) is 3.70. The number of carbonyl (C=O) groups excluding carboxylic acids is 2. The fraction of sp³-hybridized carbons (Fsp3) is 0.444. The first-order chi connectivity index (χ1) is 11.2. The summed E-state index contributed by atoms with van der Waals surface area (Å²) in [4.78, 5) is 23.6. The minimum Gasteiger partial charge on any atom is -0.495 e. The molecule has 0 aliphatic rings. The summed E-state index contributed by atoms with van der Waals surface area (Å²) in [6, 6.07) is 5.22. The Morgan fingerprint density at radius 2 is 1.92 bits per heavy atom. The molecule has 1 rings (SSSR count). The van der Waals surface area contributed by atoms with E-state index in [1.165, 1.54) is 7.11 Å². The largest absolute Gasteiger partial charge is 0.495 e. The Balaban J connectivity index is 2.90. The summed E-state index contributed by atoms with van der Waals surface area (Å²) in [7, 11) is 1.51. The van der Waals surface area contributed by atoms with E-state index in [0.717, 1.165) is 5.56 Å². The number of anilines is 1. The molecule has 0 fully saturated rings. The van der Waals surface area contributed by atoms with Crippen LogP contribution >= 0.6 is 0 Å². The molecule has 0 aliphatic heterocycles. The van der Waals surface area contributed by atoms with Gasteiger partial charge in [0.05, 0.1) is 19.4 Å². The lowest BCUT2D eigenvalue weighted by molar-refractivity contribution is -0.138. The molecule has 0 saturated carbocycles. The van der Waals surface area contributed by atoms with Gasteiger partial charge in [-0.1, -0.05) is 12.6 Å². The molecule has 0 unspecified atom stereocenters. The van der Waals surface area contributed by atoms with Crippen LogP contribution in [0.15, 0.2) is 30.4 Å². The second kappa shape index (κ2) is 8.38. The Labute approximate surface area is 142 Å². The minimum atomic E-state index is -0.604. The summed E-state index contributed by atoms with van der Waals surface area (Å²) in [6.45, 7) is 11.1. The van der Waals surface area contributed by atoms with Gasteiger partial charge in [0, 0.05) is 12.0 Å². The normalized spacial score (nSPS) is 10.7. The molecule has 1 N–H and O–H groups in total. The number of esters is 1. The molecule has 1 aromatic rings. The third-order valence-corrected chi connectivity index (χ3v) is 2.88. The van der Waals surface area contributed by atoms with Crippen molar-refractivity contribution in [2.24, 2.45) is 0 Å². The zero-order valence-corrected chi connectivity index (χ0v) is 14.9. The molecule has 24 heavy (non-hydrogen) atoms. The summed E-state index contributed by atoms with van der Waals surface area (Å²) in [5.41, 5.74) is 0.985. The smallest absolute Gasteiger partial charge is 0.412 e. The highest BCUT2D eigenvalue weighted by Crippen LogP contribution is 2.27. The first-order valence-corrected chi connectivity index (χ1v) is 7.68. The zero-order chi connectivity index (χ0) is 18.3. The van der Waals surface area contributed by atoms with Crippen molar-refractivity contribution in [1.82, 2.24) is 0 Å². The van der Waals surface area contributed by atoms with Gasteiger partial charge in [-0.2, -0.15) is 0 Å². The SMILES string of the molecule is C=C(Cc1ccc(OC)c(NC(=O)OC(C)(C)C)c1)C(=O)OCC. The molecule has 0 radical (unpaired) electrons. The molecule has 0 bridgehead atoms. The van der Waals surface area contributed by atoms with Gasteiger partial charge in [-0.15, -0.1) is 0 Å². The van der Waals surface area contributed by atoms with Crippen LogP contribution in [0.1, 0.15) is 33.3 Å². The lowest BCUT2D eigenvalue weighted by atomic mass is 10.1. The van der Waals surface area contributed by atoms with Crippen LogP contribution in [0.25, 0.3) is 0 Å². The van der Waals surface area contributed by atoms with Gasteiger partial charge in [0.1, 0.15) is 11.4 Å². The number of methoxy groups -OCH3 is 1. The van der Waals surface area contributed by atoms with Crippen molar-refractivity contribution in [1.29, 1.82) is 0 Å². The average Bonchev–Trinajstić information content (AvgIpc) is 2.45. The van der Waals surface area contributed by atoms with Crippen molar-refractivity contribution in [3.63, 3.8) is 0 Å². The summed E-state index contributed by atoms with van der Waals surface area (Å²) in [6.07, 6.45) is -0.270. The van der Waals surface area contributed by atoms with Crippen LogP contribution in [-0.4, -0.2) is 31.4 Å². The molecule has 0 spiro atoms. The van der Waals surface area contributed by atoms with E-state index in [9.17, 15) is 9.59 Å². The quantitative estimate of drug-likeness (QED) is 0.634. The van der Waals surface area contributed by atoms with Gasteiger partial charge in [0.15, 0.2) is 0 Å². The predicted molar refractivity (Wildman–Crippen MR) is 92.3 cm³/mol. The van der Waals surface area contributed by atoms with E-state index >= 15 is 0 Å². The number of amides is 1. The van der Waals surface area contributed by atoms with Crippen LogP contribution in [0.2, 0.25) is 0 Å². The van der Waals surface area contributed by atoms with Crippen molar-refractivity contribution in [3.8, 4) is 5.75 Å². The van der Waals surface area contributed by atoms with Gasteiger partial charge in [-0.05, 0) is 45.4 Å². The fourth-order valence-electron chi connectivity index (χ4n) is 1.93. The van der Waals surface area contributed by atoms with E-state index in [1.54, 1.807) is 45.9 Å². The molecular weight excluding hydrogens is 310 g/mol. The molecule has 0 aliphatic carbocycles. The van der Waals surface area contributed by atoms with Crippen LogP contribution < -0.4 is 10.1 Å². The second-order valence-corrected chi connectivity index (χ2v) is 6.16. The van der Waals surface area contributed by atoms with E-state index in [2.05, 4.69) is 11.9 Å². The van der Waals surface area contributed by atoms with Crippen LogP contribution in [0, 0.1) is 0 Å². The van der Waals surface area contributed by atoms with Gasteiger partial charge in [0.2, 0.25) is 0 Å². The van der Waals surface area contributed by atoms with Crippen LogP contribution in [0.4, 0.5) is 10.5 Å². The lowest BCUT2D eigenvalue weighted by Crippen LogP contribution is -2.27. The average molecular weight is 335 g/mol. The molecule has 0 aromatic heterocycles. The number of carbonyl (C=O) groups is 2. The van der Waals surface area contributed by atoms with Gasteiger partial charge in [0.25, 0.3) is 0 Å². The first-order valence-electron chi connectivity index (χ1n) is 7.68. The Morgan fingerprint density at radius 1 is 1.25 bits per heavy atom. The Bertz CT molecular complexity index is 616. The van der Waals surface area contributed by atoms with Crippen molar-refractivity contribution in [2.45, 2.75) is 39.7 Å². The molecule has 6 nitrogen and oxygen atoms in total. The van der Waals surface area contributed by atoms with Gasteiger partial charge >= 0.3 is 12.1 Å². The summed E-state index contributed by atoms with van der Waals surface area (Å²) in [5.74, 6) is 0.0568. The Hall–Kier alpha value is -2.50. The van der Waals surface area contributed by atoms with E-state index in [4.69, 9.17) is 14.2 Å². The van der Waals surface area contributed by atoms with Crippen molar-refractivity contribution in [3.05, 3.63) is 35.9 Å². The molecule has 6 heteroatoms. The van der Waals surface area contributed by atoms with E-state index in [0.29, 0.717) is 30.0 Å². The van der Waals surface area contributed by atoms with Crippen molar-refractivity contribution >= 4 is 17.7 Å². The molecule has 0 saturated heterocycles. The molecule has 132 valence electrons. The summed E-state index contributed by atoms with van der Waals surface area (Å²) < 4.78 is 15.4. The van der Waals surface area contributed by atoms with Crippen molar-refractivity contribution < 1.29 is 23.8 Å². The zero-order valence-electron chi connectivity index (χ0n) is 14.9. The number of benzene rings is 1. The van der Waals surface area contributed by atoms with Gasteiger partial charge < -0.3 is 14.2 Å². The molecule has 0 heterocycles. The Morgan fingerprint density at radius 3 is 2.46 bits per heavy atom. The standard InChI is InChI=1S/C18H25NO5/c1-7-23-16(20)12(2)10-13-8-9-15(22-6)14(11-13)19-17(21)24-18(3,4)5/h8-9,11H,2,7,10H2,1,3-6H3,(H,19,21). The van der Waals surface area contributed by atoms with Crippen molar-refractivity contribution in [2.75, 3.05) is 19.0 Å². The molecule has 0 atom stereocenters.